The van der Waals surface area contributed by atoms with Crippen LogP contribution in [0.25, 0.3) is 0 Å². The smallest absolute Gasteiger partial charge is 0.254 e. The molecule has 1 aliphatic rings. The number of thiophene rings is 1. The number of nitrogens with one attached hydrogen (secondary N) is 1. The van der Waals surface area contributed by atoms with Gasteiger partial charge in [-0.05, 0) is 16.9 Å². The molecule has 1 aromatic rings. The zero-order valence-electron chi connectivity index (χ0n) is 14.3. The van der Waals surface area contributed by atoms with E-state index in [2.05, 4.69) is 31.0 Å². The Bertz CT molecular complexity index is 514. The fourth-order valence-electron chi connectivity index (χ4n) is 2.64. The fraction of sp³-hybridized carbons (Fsp3) is 0.647. The summed E-state index contributed by atoms with van der Waals surface area (Å²) < 4.78 is 0. The number of amides is 2. The minimum atomic E-state index is 0.0255. The lowest BCUT2D eigenvalue weighted by molar-refractivity contribution is -0.122. The number of carbonyl (C=O) groups is 2. The molecule has 1 aliphatic heterocycles. The molecule has 1 aromatic heterocycles. The molecule has 0 spiro atoms. The topological polar surface area (TPSA) is 52.7 Å². The van der Waals surface area contributed by atoms with Crippen molar-refractivity contribution in [2.45, 2.75) is 27.2 Å². The molecule has 23 heavy (non-hydrogen) atoms. The van der Waals surface area contributed by atoms with Crippen molar-refractivity contribution in [1.82, 2.24) is 15.1 Å². The van der Waals surface area contributed by atoms with Crippen molar-refractivity contribution in [1.29, 1.82) is 0 Å². The van der Waals surface area contributed by atoms with Gasteiger partial charge in [-0.3, -0.25) is 14.5 Å². The average molecular weight is 337 g/mol. The minimum Gasteiger partial charge on any atom is -0.355 e. The van der Waals surface area contributed by atoms with Gasteiger partial charge in [-0.1, -0.05) is 20.8 Å². The molecule has 2 heterocycles. The number of piperazine rings is 1. The highest BCUT2D eigenvalue weighted by molar-refractivity contribution is 7.08. The van der Waals surface area contributed by atoms with Crippen molar-refractivity contribution in [3.63, 3.8) is 0 Å². The summed E-state index contributed by atoms with van der Waals surface area (Å²) in [5.74, 6) is 0.244. The molecule has 0 aromatic carbocycles. The van der Waals surface area contributed by atoms with Crippen LogP contribution in [0.15, 0.2) is 16.8 Å². The summed E-state index contributed by atoms with van der Waals surface area (Å²) in [5.41, 5.74) is 0.815. The van der Waals surface area contributed by atoms with Crippen molar-refractivity contribution in [3.05, 3.63) is 22.4 Å². The van der Waals surface area contributed by atoms with Gasteiger partial charge in [0.05, 0.1) is 5.56 Å². The molecule has 128 valence electrons. The van der Waals surface area contributed by atoms with Crippen LogP contribution in [-0.2, 0) is 4.79 Å². The van der Waals surface area contributed by atoms with E-state index in [4.69, 9.17) is 0 Å². The minimum absolute atomic E-state index is 0.0255. The second-order valence-corrected chi connectivity index (χ2v) is 8.01. The third-order valence-electron chi connectivity index (χ3n) is 3.87. The molecule has 0 aliphatic carbocycles. The van der Waals surface area contributed by atoms with E-state index in [1.54, 1.807) is 11.3 Å². The van der Waals surface area contributed by atoms with E-state index in [0.717, 1.165) is 38.3 Å². The van der Waals surface area contributed by atoms with Gasteiger partial charge in [-0.2, -0.15) is 11.3 Å². The second-order valence-electron chi connectivity index (χ2n) is 7.23. The maximum Gasteiger partial charge on any atom is 0.254 e. The van der Waals surface area contributed by atoms with Gasteiger partial charge in [0, 0.05) is 51.1 Å². The third-order valence-corrected chi connectivity index (χ3v) is 4.55. The maximum absolute atomic E-state index is 12.3. The molecular formula is C17H27N3O2S. The molecule has 1 saturated heterocycles. The van der Waals surface area contributed by atoms with Crippen LogP contribution >= 0.6 is 11.3 Å². The van der Waals surface area contributed by atoms with E-state index in [1.165, 1.54) is 0 Å². The highest BCUT2D eigenvalue weighted by Gasteiger charge is 2.22. The van der Waals surface area contributed by atoms with Crippen LogP contribution in [0.4, 0.5) is 0 Å². The first-order valence-corrected chi connectivity index (χ1v) is 9.10. The number of rotatable bonds is 5. The van der Waals surface area contributed by atoms with Crippen LogP contribution in [0.1, 0.15) is 37.6 Å². The van der Waals surface area contributed by atoms with Crippen molar-refractivity contribution < 1.29 is 9.59 Å². The molecule has 1 fully saturated rings. The molecule has 5 nitrogen and oxygen atoms in total. The first kappa shape index (κ1) is 17.9. The lowest BCUT2D eigenvalue weighted by atomic mass is 9.92. The van der Waals surface area contributed by atoms with Crippen LogP contribution in [0.5, 0.6) is 0 Å². The molecule has 2 rings (SSSR count). The standard InChI is InChI=1S/C17H27N3O2S/c1-17(2,3)12-15(21)18-5-6-19-7-9-20(10-8-19)16(22)14-4-11-23-13-14/h4,11,13H,5-10,12H2,1-3H3,(H,18,21). The Balaban J connectivity index is 1.65. The summed E-state index contributed by atoms with van der Waals surface area (Å²) in [7, 11) is 0. The zero-order chi connectivity index (χ0) is 16.9. The quantitative estimate of drug-likeness (QED) is 0.895. The molecule has 0 unspecified atom stereocenters. The summed E-state index contributed by atoms with van der Waals surface area (Å²) in [6.07, 6.45) is 0.552. The van der Waals surface area contributed by atoms with Crippen LogP contribution < -0.4 is 5.32 Å². The average Bonchev–Trinajstić information content (AvgIpc) is 2.99. The summed E-state index contributed by atoms with van der Waals surface area (Å²) >= 11 is 1.55. The lowest BCUT2D eigenvalue weighted by Crippen LogP contribution is -2.50. The van der Waals surface area contributed by atoms with Crippen molar-refractivity contribution >= 4 is 23.2 Å². The normalized spacial score (nSPS) is 16.4. The Morgan fingerprint density at radius 2 is 1.91 bits per heavy atom. The SMILES string of the molecule is CC(C)(C)CC(=O)NCCN1CCN(C(=O)c2ccsc2)CC1. The monoisotopic (exact) mass is 337 g/mol. The molecule has 0 atom stereocenters. The van der Waals surface area contributed by atoms with Crippen molar-refractivity contribution in [2.24, 2.45) is 5.41 Å². The fourth-order valence-corrected chi connectivity index (χ4v) is 3.27. The van der Waals surface area contributed by atoms with Gasteiger partial charge in [0.25, 0.3) is 5.91 Å². The van der Waals surface area contributed by atoms with Crippen molar-refractivity contribution in [2.75, 3.05) is 39.3 Å². The van der Waals surface area contributed by atoms with Gasteiger partial charge in [-0.15, -0.1) is 0 Å². The Hall–Kier alpha value is -1.40. The van der Waals surface area contributed by atoms with E-state index in [9.17, 15) is 9.59 Å². The predicted octanol–water partition coefficient (Wildman–Crippen LogP) is 2.06. The molecule has 2 amide bonds. The third kappa shape index (κ3) is 5.95. The first-order chi connectivity index (χ1) is 10.8. The van der Waals surface area contributed by atoms with E-state index < -0.39 is 0 Å². The number of nitrogens with zero attached hydrogens (tertiary/aromatic N) is 2. The Morgan fingerprint density at radius 1 is 1.22 bits per heavy atom. The van der Waals surface area contributed by atoms with Crippen LogP contribution in [0.3, 0.4) is 0 Å². The zero-order valence-corrected chi connectivity index (χ0v) is 15.1. The van der Waals surface area contributed by atoms with E-state index in [0.29, 0.717) is 13.0 Å². The molecule has 6 heteroatoms. The Labute approximate surface area is 142 Å². The summed E-state index contributed by atoms with van der Waals surface area (Å²) in [4.78, 5) is 28.3. The summed E-state index contributed by atoms with van der Waals surface area (Å²) in [5, 5.41) is 6.82. The highest BCUT2D eigenvalue weighted by Crippen LogP contribution is 2.17. The molecule has 0 bridgehead atoms. The van der Waals surface area contributed by atoms with Gasteiger partial charge < -0.3 is 10.2 Å². The Kier molecular flexibility index (Phi) is 6.18. The summed E-state index contributed by atoms with van der Waals surface area (Å²) in [6.45, 7) is 11.0. The van der Waals surface area contributed by atoms with Gasteiger partial charge in [-0.25, -0.2) is 0 Å². The molecular weight excluding hydrogens is 310 g/mol. The van der Waals surface area contributed by atoms with E-state index >= 15 is 0 Å². The van der Waals surface area contributed by atoms with E-state index in [1.807, 2.05) is 21.7 Å². The summed E-state index contributed by atoms with van der Waals surface area (Å²) in [6, 6.07) is 1.88. The van der Waals surface area contributed by atoms with Gasteiger partial charge in [0.1, 0.15) is 0 Å². The molecule has 1 N–H and O–H groups in total. The molecule has 0 saturated carbocycles. The maximum atomic E-state index is 12.3. The van der Waals surface area contributed by atoms with E-state index in [-0.39, 0.29) is 17.2 Å². The second kappa shape index (κ2) is 7.93. The number of hydrogen-bond acceptors (Lipinski definition) is 4. The van der Waals surface area contributed by atoms with Gasteiger partial charge in [0.15, 0.2) is 0 Å². The Morgan fingerprint density at radius 3 is 2.48 bits per heavy atom. The number of hydrogen-bond donors (Lipinski definition) is 1. The predicted molar refractivity (Wildman–Crippen MR) is 93.7 cm³/mol. The van der Waals surface area contributed by atoms with Gasteiger partial charge in [0.2, 0.25) is 5.91 Å². The van der Waals surface area contributed by atoms with Crippen LogP contribution in [0.2, 0.25) is 0 Å². The van der Waals surface area contributed by atoms with Crippen LogP contribution in [0, 0.1) is 5.41 Å². The highest BCUT2D eigenvalue weighted by atomic mass is 32.1. The number of carbonyl (C=O) groups excluding carboxylic acids is 2. The largest absolute Gasteiger partial charge is 0.355 e. The first-order valence-electron chi connectivity index (χ1n) is 8.16. The van der Waals surface area contributed by atoms with Crippen molar-refractivity contribution in [3.8, 4) is 0 Å². The lowest BCUT2D eigenvalue weighted by Gasteiger charge is -2.34. The van der Waals surface area contributed by atoms with Crippen LogP contribution in [-0.4, -0.2) is 60.9 Å². The van der Waals surface area contributed by atoms with Gasteiger partial charge >= 0.3 is 0 Å². The molecule has 0 radical (unpaired) electrons.